The van der Waals surface area contributed by atoms with Crippen LogP contribution in [-0.2, 0) is 16.0 Å². The third kappa shape index (κ3) is 4.06. The van der Waals surface area contributed by atoms with Crippen molar-refractivity contribution >= 4 is 23.4 Å². The lowest BCUT2D eigenvalue weighted by atomic mass is 10.0. The SMILES string of the molecule is C=CC(=O)N1CCN(C(=O)CCc2cc(C#N)c(Cl)cc2O)CC1. The molecule has 2 rings (SSSR count). The molecule has 126 valence electrons. The number of aromatic hydroxyl groups is 1. The number of piperazine rings is 1. The van der Waals surface area contributed by atoms with E-state index in [1.807, 2.05) is 6.07 Å². The van der Waals surface area contributed by atoms with Crippen LogP contribution in [0.1, 0.15) is 17.5 Å². The highest BCUT2D eigenvalue weighted by Crippen LogP contribution is 2.27. The first-order chi connectivity index (χ1) is 11.5. The molecule has 2 amide bonds. The summed E-state index contributed by atoms with van der Waals surface area (Å²) in [7, 11) is 0. The van der Waals surface area contributed by atoms with Gasteiger partial charge in [0, 0.05) is 38.7 Å². The number of halogens is 1. The van der Waals surface area contributed by atoms with Crippen LogP contribution in [0, 0.1) is 11.3 Å². The van der Waals surface area contributed by atoms with Crippen LogP contribution in [0.25, 0.3) is 0 Å². The second-order valence-corrected chi connectivity index (χ2v) is 5.89. The summed E-state index contributed by atoms with van der Waals surface area (Å²) < 4.78 is 0. The van der Waals surface area contributed by atoms with Crippen molar-refractivity contribution in [3.05, 3.63) is 40.9 Å². The maximum Gasteiger partial charge on any atom is 0.246 e. The molecule has 0 aliphatic carbocycles. The van der Waals surface area contributed by atoms with Crippen molar-refractivity contribution < 1.29 is 14.7 Å². The van der Waals surface area contributed by atoms with Crippen molar-refractivity contribution in [3.8, 4) is 11.8 Å². The highest BCUT2D eigenvalue weighted by Gasteiger charge is 2.22. The van der Waals surface area contributed by atoms with E-state index in [1.165, 1.54) is 18.2 Å². The summed E-state index contributed by atoms with van der Waals surface area (Å²) in [5, 5.41) is 19.0. The largest absolute Gasteiger partial charge is 0.508 e. The van der Waals surface area contributed by atoms with Gasteiger partial charge in [0.05, 0.1) is 10.6 Å². The van der Waals surface area contributed by atoms with Gasteiger partial charge in [-0.1, -0.05) is 18.2 Å². The lowest BCUT2D eigenvalue weighted by molar-refractivity contribution is -0.137. The van der Waals surface area contributed by atoms with E-state index in [-0.39, 0.29) is 34.6 Å². The molecule has 0 spiro atoms. The monoisotopic (exact) mass is 347 g/mol. The van der Waals surface area contributed by atoms with Crippen LogP contribution in [0.2, 0.25) is 5.02 Å². The quantitative estimate of drug-likeness (QED) is 0.840. The molecule has 24 heavy (non-hydrogen) atoms. The molecule has 0 radical (unpaired) electrons. The Balaban J connectivity index is 1.92. The zero-order chi connectivity index (χ0) is 17.7. The van der Waals surface area contributed by atoms with E-state index in [1.54, 1.807) is 9.80 Å². The Morgan fingerprint density at radius 1 is 1.29 bits per heavy atom. The van der Waals surface area contributed by atoms with Gasteiger partial charge in [0.2, 0.25) is 11.8 Å². The number of phenolic OH excluding ortho intramolecular Hbond substituents is 1. The second kappa shape index (κ2) is 7.84. The van der Waals surface area contributed by atoms with Crippen molar-refractivity contribution in [3.63, 3.8) is 0 Å². The smallest absolute Gasteiger partial charge is 0.246 e. The molecule has 1 aliphatic heterocycles. The van der Waals surface area contributed by atoms with Crippen LogP contribution in [0.4, 0.5) is 0 Å². The first-order valence-corrected chi connectivity index (χ1v) is 7.94. The molecule has 0 saturated carbocycles. The maximum atomic E-state index is 12.3. The summed E-state index contributed by atoms with van der Waals surface area (Å²) in [6, 6.07) is 4.78. The summed E-state index contributed by atoms with van der Waals surface area (Å²) >= 11 is 5.84. The molecular formula is C17H18ClN3O3. The lowest BCUT2D eigenvalue weighted by Crippen LogP contribution is -2.50. The van der Waals surface area contributed by atoms with E-state index in [9.17, 15) is 14.7 Å². The van der Waals surface area contributed by atoms with Crippen LogP contribution >= 0.6 is 11.6 Å². The Morgan fingerprint density at radius 2 is 1.92 bits per heavy atom. The molecule has 7 heteroatoms. The fourth-order valence-electron chi connectivity index (χ4n) is 2.60. The average molecular weight is 348 g/mol. The number of amides is 2. The number of aryl methyl sites for hydroxylation is 1. The first kappa shape index (κ1) is 17.8. The molecular weight excluding hydrogens is 330 g/mol. The van der Waals surface area contributed by atoms with E-state index in [4.69, 9.17) is 16.9 Å². The van der Waals surface area contributed by atoms with Gasteiger partial charge < -0.3 is 14.9 Å². The molecule has 6 nitrogen and oxygen atoms in total. The van der Waals surface area contributed by atoms with Gasteiger partial charge >= 0.3 is 0 Å². The summed E-state index contributed by atoms with van der Waals surface area (Å²) in [4.78, 5) is 27.2. The van der Waals surface area contributed by atoms with Gasteiger partial charge in [-0.3, -0.25) is 9.59 Å². The predicted octanol–water partition coefficient (Wildman–Crippen LogP) is 1.71. The molecule has 1 aromatic rings. The zero-order valence-electron chi connectivity index (χ0n) is 13.2. The summed E-state index contributed by atoms with van der Waals surface area (Å²) in [6.45, 7) is 5.39. The third-order valence-electron chi connectivity index (χ3n) is 4.02. The molecule has 1 heterocycles. The second-order valence-electron chi connectivity index (χ2n) is 5.48. The van der Waals surface area contributed by atoms with Gasteiger partial charge in [-0.15, -0.1) is 0 Å². The molecule has 1 N–H and O–H groups in total. The number of nitriles is 1. The molecule has 1 saturated heterocycles. The topological polar surface area (TPSA) is 84.6 Å². The lowest BCUT2D eigenvalue weighted by Gasteiger charge is -2.34. The predicted molar refractivity (Wildman–Crippen MR) is 89.5 cm³/mol. The Kier molecular flexibility index (Phi) is 5.83. The van der Waals surface area contributed by atoms with Crippen molar-refractivity contribution in [1.82, 2.24) is 9.80 Å². The van der Waals surface area contributed by atoms with Crippen LogP contribution in [-0.4, -0.2) is 52.9 Å². The Morgan fingerprint density at radius 3 is 2.50 bits per heavy atom. The summed E-state index contributed by atoms with van der Waals surface area (Å²) in [5.41, 5.74) is 0.790. The standard InChI is InChI=1S/C17H18ClN3O3/c1-2-16(23)20-5-7-21(8-6-20)17(24)4-3-12-9-13(11-19)14(18)10-15(12)22/h2,9-10,22H,1,3-8H2. The van der Waals surface area contributed by atoms with E-state index < -0.39 is 0 Å². The zero-order valence-corrected chi connectivity index (χ0v) is 13.9. The van der Waals surface area contributed by atoms with Crippen molar-refractivity contribution in [1.29, 1.82) is 5.26 Å². The van der Waals surface area contributed by atoms with E-state index >= 15 is 0 Å². The number of carbonyl (C=O) groups excluding carboxylic acids is 2. The number of carbonyl (C=O) groups is 2. The molecule has 0 bridgehead atoms. The number of rotatable bonds is 4. The van der Waals surface area contributed by atoms with Crippen LogP contribution in [0.5, 0.6) is 5.75 Å². The van der Waals surface area contributed by atoms with E-state index in [2.05, 4.69) is 6.58 Å². The molecule has 1 aromatic carbocycles. The Hall–Kier alpha value is -2.52. The van der Waals surface area contributed by atoms with Gasteiger partial charge in [-0.05, 0) is 24.1 Å². The maximum absolute atomic E-state index is 12.3. The Labute approximate surface area is 145 Å². The van der Waals surface area contributed by atoms with Crippen molar-refractivity contribution in [2.24, 2.45) is 0 Å². The highest BCUT2D eigenvalue weighted by atomic mass is 35.5. The number of hydrogen-bond acceptors (Lipinski definition) is 4. The molecule has 1 aliphatic rings. The minimum Gasteiger partial charge on any atom is -0.508 e. The van der Waals surface area contributed by atoms with Gasteiger partial charge in [0.1, 0.15) is 11.8 Å². The van der Waals surface area contributed by atoms with Gasteiger partial charge in [0.15, 0.2) is 0 Å². The molecule has 0 atom stereocenters. The molecule has 1 fully saturated rings. The fourth-order valence-corrected chi connectivity index (χ4v) is 2.80. The van der Waals surface area contributed by atoms with Gasteiger partial charge in [-0.25, -0.2) is 0 Å². The number of benzene rings is 1. The third-order valence-corrected chi connectivity index (χ3v) is 4.33. The summed E-state index contributed by atoms with van der Waals surface area (Å²) in [6.07, 6.45) is 1.81. The fraction of sp³-hybridized carbons (Fsp3) is 0.353. The van der Waals surface area contributed by atoms with Gasteiger partial charge in [-0.2, -0.15) is 5.26 Å². The molecule has 0 aromatic heterocycles. The number of nitrogens with zero attached hydrogens (tertiary/aromatic N) is 3. The van der Waals surface area contributed by atoms with Crippen LogP contribution in [0.3, 0.4) is 0 Å². The number of hydrogen-bond donors (Lipinski definition) is 1. The van der Waals surface area contributed by atoms with Gasteiger partial charge in [0.25, 0.3) is 0 Å². The minimum absolute atomic E-state index is 0.0202. The van der Waals surface area contributed by atoms with Crippen LogP contribution < -0.4 is 0 Å². The number of phenols is 1. The van der Waals surface area contributed by atoms with E-state index in [0.29, 0.717) is 38.2 Å². The first-order valence-electron chi connectivity index (χ1n) is 7.57. The van der Waals surface area contributed by atoms with Crippen molar-refractivity contribution in [2.75, 3.05) is 26.2 Å². The molecule has 0 unspecified atom stereocenters. The average Bonchev–Trinajstić information content (AvgIpc) is 2.60. The summed E-state index contributed by atoms with van der Waals surface area (Å²) in [5.74, 6) is -0.195. The highest BCUT2D eigenvalue weighted by molar-refractivity contribution is 6.31. The minimum atomic E-state index is -0.128. The van der Waals surface area contributed by atoms with Crippen LogP contribution in [0.15, 0.2) is 24.8 Å². The van der Waals surface area contributed by atoms with E-state index in [0.717, 1.165) is 0 Å². The normalized spacial score (nSPS) is 14.2. The Bertz CT molecular complexity index is 704. The van der Waals surface area contributed by atoms with Crippen molar-refractivity contribution in [2.45, 2.75) is 12.8 Å².